The van der Waals surface area contributed by atoms with Crippen molar-refractivity contribution in [2.45, 2.75) is 32.5 Å². The van der Waals surface area contributed by atoms with Crippen molar-refractivity contribution in [2.24, 2.45) is 0 Å². The maximum absolute atomic E-state index is 5.72. The van der Waals surface area contributed by atoms with Crippen LogP contribution in [0.3, 0.4) is 0 Å². The molecule has 0 spiro atoms. The molecule has 3 heteroatoms. The lowest BCUT2D eigenvalue weighted by atomic mass is 10.6. The maximum atomic E-state index is 5.72. The molecular weight excluding hydrogens is 156 g/mol. The molecule has 2 nitrogen and oxygen atoms in total. The van der Waals surface area contributed by atoms with Crippen molar-refractivity contribution in [3.05, 3.63) is 0 Å². The quantitative estimate of drug-likeness (QED) is 0.456. The molecule has 0 heterocycles. The lowest BCUT2D eigenvalue weighted by molar-refractivity contribution is 0.142. The molecule has 0 atom stereocenters. The molecule has 0 amide bonds. The molecule has 0 aliphatic heterocycles. The van der Waals surface area contributed by atoms with Crippen LogP contribution in [-0.4, -0.2) is 28.6 Å². The number of methoxy groups -OCH3 is 1. The highest BCUT2D eigenvalue weighted by Crippen LogP contribution is 2.12. The summed E-state index contributed by atoms with van der Waals surface area (Å²) in [5, 5.41) is 0. The fourth-order valence-corrected chi connectivity index (χ4v) is 3.06. The van der Waals surface area contributed by atoms with Crippen LogP contribution < -0.4 is 0 Å². The van der Waals surface area contributed by atoms with Crippen LogP contribution in [0.25, 0.3) is 0 Å². The Kier molecular flexibility index (Phi) is 5.82. The number of ether oxygens (including phenoxy) is 1. The highest BCUT2D eigenvalue weighted by atomic mass is 28.4. The summed E-state index contributed by atoms with van der Waals surface area (Å²) >= 11 is 0. The van der Waals surface area contributed by atoms with Gasteiger partial charge in [0.1, 0.15) is 0 Å². The van der Waals surface area contributed by atoms with Crippen LogP contribution in [0.2, 0.25) is 19.1 Å². The second-order valence-corrected chi connectivity index (χ2v) is 7.66. The van der Waals surface area contributed by atoms with Crippen molar-refractivity contribution in [3.63, 3.8) is 0 Å². The fraction of sp³-hybridized carbons (Fsp3) is 1.00. The molecule has 0 aromatic carbocycles. The average Bonchev–Trinajstić information content (AvgIpc) is 1.87. The van der Waals surface area contributed by atoms with E-state index in [9.17, 15) is 0 Å². The Morgan fingerprint density at radius 3 is 2.27 bits per heavy atom. The topological polar surface area (TPSA) is 18.5 Å². The van der Waals surface area contributed by atoms with E-state index in [1.165, 1.54) is 12.5 Å². The summed E-state index contributed by atoms with van der Waals surface area (Å²) in [6.07, 6.45) is 1.23. The molecule has 0 N–H and O–H groups in total. The number of hydrogen-bond acceptors (Lipinski definition) is 2. The third-order valence-electron chi connectivity index (χ3n) is 1.63. The Balaban J connectivity index is 3.38. The SMILES string of the molecule is CCC[Si](C)(C)OCCOC. The first-order valence-electron chi connectivity index (χ1n) is 4.25. The lowest BCUT2D eigenvalue weighted by Crippen LogP contribution is -2.31. The van der Waals surface area contributed by atoms with Crippen LogP contribution in [0.15, 0.2) is 0 Å². The largest absolute Gasteiger partial charge is 0.415 e. The van der Waals surface area contributed by atoms with E-state index in [0.717, 1.165) is 13.2 Å². The van der Waals surface area contributed by atoms with Crippen LogP contribution in [-0.2, 0) is 9.16 Å². The second kappa shape index (κ2) is 5.74. The van der Waals surface area contributed by atoms with Crippen LogP contribution in [0.1, 0.15) is 13.3 Å². The molecule has 0 aliphatic carbocycles. The molecule has 0 aromatic rings. The van der Waals surface area contributed by atoms with E-state index in [0.29, 0.717) is 0 Å². The Labute approximate surface area is 71.0 Å². The highest BCUT2D eigenvalue weighted by molar-refractivity contribution is 6.71. The minimum atomic E-state index is -1.32. The number of rotatable bonds is 6. The molecule has 0 saturated heterocycles. The highest BCUT2D eigenvalue weighted by Gasteiger charge is 2.20. The summed E-state index contributed by atoms with van der Waals surface area (Å²) in [5.74, 6) is 0. The van der Waals surface area contributed by atoms with Crippen molar-refractivity contribution >= 4 is 8.32 Å². The Hall–Kier alpha value is 0.137. The third kappa shape index (κ3) is 6.53. The van der Waals surface area contributed by atoms with E-state index in [1.54, 1.807) is 7.11 Å². The summed E-state index contributed by atoms with van der Waals surface area (Å²) in [6, 6.07) is 1.25. The van der Waals surface area contributed by atoms with Gasteiger partial charge >= 0.3 is 0 Å². The summed E-state index contributed by atoms with van der Waals surface area (Å²) in [6.45, 7) is 8.20. The Morgan fingerprint density at radius 1 is 1.18 bits per heavy atom. The van der Waals surface area contributed by atoms with E-state index in [-0.39, 0.29) is 0 Å². The van der Waals surface area contributed by atoms with Gasteiger partial charge in [0.15, 0.2) is 8.32 Å². The Bertz CT molecular complexity index is 94.1. The van der Waals surface area contributed by atoms with E-state index in [2.05, 4.69) is 20.0 Å². The molecule has 68 valence electrons. The van der Waals surface area contributed by atoms with Crippen molar-refractivity contribution < 1.29 is 9.16 Å². The molecule has 0 aliphatic rings. The third-order valence-corrected chi connectivity index (χ3v) is 4.32. The average molecular weight is 176 g/mol. The molecular formula is C8H20O2Si. The van der Waals surface area contributed by atoms with Gasteiger partial charge in [0.25, 0.3) is 0 Å². The second-order valence-electron chi connectivity index (χ2n) is 3.35. The van der Waals surface area contributed by atoms with Gasteiger partial charge in [0.05, 0.1) is 13.2 Å². The number of hydrogen-bond donors (Lipinski definition) is 0. The summed E-state index contributed by atoms with van der Waals surface area (Å²) in [7, 11) is 0.386. The predicted octanol–water partition coefficient (Wildman–Crippen LogP) is 2.26. The van der Waals surface area contributed by atoms with Crippen LogP contribution in [0.4, 0.5) is 0 Å². The van der Waals surface area contributed by atoms with Gasteiger partial charge in [0, 0.05) is 7.11 Å². The molecule has 0 rings (SSSR count). The first-order valence-corrected chi connectivity index (χ1v) is 7.37. The van der Waals surface area contributed by atoms with Gasteiger partial charge in [-0.15, -0.1) is 0 Å². The van der Waals surface area contributed by atoms with Crippen molar-refractivity contribution in [1.82, 2.24) is 0 Å². The zero-order chi connectivity index (χ0) is 8.74. The predicted molar refractivity (Wildman–Crippen MR) is 50.4 cm³/mol. The van der Waals surface area contributed by atoms with E-state index in [1.807, 2.05) is 0 Å². The molecule has 11 heavy (non-hydrogen) atoms. The molecule has 0 fully saturated rings. The molecule has 0 saturated carbocycles. The van der Waals surface area contributed by atoms with E-state index >= 15 is 0 Å². The maximum Gasteiger partial charge on any atom is 0.186 e. The van der Waals surface area contributed by atoms with Gasteiger partial charge in [-0.25, -0.2) is 0 Å². The van der Waals surface area contributed by atoms with E-state index < -0.39 is 8.32 Å². The first-order chi connectivity index (χ1) is 5.12. The van der Waals surface area contributed by atoms with Gasteiger partial charge in [-0.05, 0) is 19.1 Å². The van der Waals surface area contributed by atoms with Gasteiger partial charge in [-0.3, -0.25) is 0 Å². The molecule has 0 bridgehead atoms. The fourth-order valence-electron chi connectivity index (χ4n) is 1.08. The summed E-state index contributed by atoms with van der Waals surface area (Å²) < 4.78 is 10.6. The standard InChI is InChI=1S/C8H20O2Si/c1-5-8-11(3,4)10-7-6-9-2/h5-8H2,1-4H3. The van der Waals surface area contributed by atoms with E-state index in [4.69, 9.17) is 9.16 Å². The van der Waals surface area contributed by atoms with Crippen molar-refractivity contribution in [3.8, 4) is 0 Å². The monoisotopic (exact) mass is 176 g/mol. The minimum absolute atomic E-state index is 0.722. The van der Waals surface area contributed by atoms with Crippen LogP contribution >= 0.6 is 0 Å². The Morgan fingerprint density at radius 2 is 1.82 bits per heavy atom. The summed E-state index contributed by atoms with van der Waals surface area (Å²) in [5.41, 5.74) is 0. The molecule has 0 radical (unpaired) electrons. The summed E-state index contributed by atoms with van der Waals surface area (Å²) in [4.78, 5) is 0. The zero-order valence-electron chi connectivity index (χ0n) is 8.14. The van der Waals surface area contributed by atoms with Crippen molar-refractivity contribution in [1.29, 1.82) is 0 Å². The van der Waals surface area contributed by atoms with Gasteiger partial charge in [0.2, 0.25) is 0 Å². The van der Waals surface area contributed by atoms with Gasteiger partial charge in [-0.1, -0.05) is 13.3 Å². The normalized spacial score (nSPS) is 12.0. The van der Waals surface area contributed by atoms with Gasteiger partial charge < -0.3 is 9.16 Å². The van der Waals surface area contributed by atoms with Gasteiger partial charge in [-0.2, -0.15) is 0 Å². The zero-order valence-corrected chi connectivity index (χ0v) is 9.14. The van der Waals surface area contributed by atoms with Crippen molar-refractivity contribution in [2.75, 3.05) is 20.3 Å². The minimum Gasteiger partial charge on any atom is -0.415 e. The lowest BCUT2D eigenvalue weighted by Gasteiger charge is -2.21. The smallest absolute Gasteiger partial charge is 0.186 e. The van der Waals surface area contributed by atoms with Crippen LogP contribution in [0, 0.1) is 0 Å². The first kappa shape index (κ1) is 11.1. The van der Waals surface area contributed by atoms with Crippen LogP contribution in [0.5, 0.6) is 0 Å². The molecule has 0 aromatic heterocycles. The molecule has 0 unspecified atom stereocenters.